The van der Waals surface area contributed by atoms with Gasteiger partial charge in [0.25, 0.3) is 5.91 Å². The molecule has 5 heteroatoms. The first-order valence-electron chi connectivity index (χ1n) is 7.08. The topological polar surface area (TPSA) is 70.2 Å². The van der Waals surface area contributed by atoms with Crippen LogP contribution < -0.4 is 16.2 Å². The Labute approximate surface area is 119 Å². The van der Waals surface area contributed by atoms with Crippen molar-refractivity contribution >= 4 is 11.9 Å². The number of hydrogen-bond donors (Lipinski definition) is 3. The van der Waals surface area contributed by atoms with E-state index in [4.69, 9.17) is 0 Å². The second-order valence-corrected chi connectivity index (χ2v) is 5.26. The summed E-state index contributed by atoms with van der Waals surface area (Å²) in [6, 6.07) is 7.09. The fourth-order valence-corrected chi connectivity index (χ4v) is 2.44. The molecule has 0 aromatic heterocycles. The van der Waals surface area contributed by atoms with Gasteiger partial charge in [0.1, 0.15) is 0 Å². The Morgan fingerprint density at radius 3 is 2.55 bits per heavy atom. The molecule has 0 heterocycles. The number of nitrogens with one attached hydrogen (secondary N) is 3. The lowest BCUT2D eigenvalue weighted by molar-refractivity contribution is 0.0935. The van der Waals surface area contributed by atoms with Crippen LogP contribution in [0.2, 0.25) is 0 Å². The molecule has 3 amide bonds. The predicted molar refractivity (Wildman–Crippen MR) is 77.2 cm³/mol. The molecule has 1 saturated carbocycles. The van der Waals surface area contributed by atoms with Crippen LogP contribution in [0.5, 0.6) is 0 Å². The SMILES string of the molecule is Cc1cccc(C(=O)NNC(=O)NC2CCCCC2)c1. The van der Waals surface area contributed by atoms with Crippen molar-refractivity contribution < 1.29 is 9.59 Å². The number of hydrazine groups is 1. The van der Waals surface area contributed by atoms with Crippen molar-refractivity contribution in [3.63, 3.8) is 0 Å². The normalized spacial score (nSPS) is 15.4. The summed E-state index contributed by atoms with van der Waals surface area (Å²) in [6.45, 7) is 1.92. The summed E-state index contributed by atoms with van der Waals surface area (Å²) in [4.78, 5) is 23.5. The quantitative estimate of drug-likeness (QED) is 0.725. The van der Waals surface area contributed by atoms with Crippen LogP contribution in [0.25, 0.3) is 0 Å². The first kappa shape index (κ1) is 14.4. The largest absolute Gasteiger partial charge is 0.334 e. The number of aryl methyl sites for hydroxylation is 1. The minimum Gasteiger partial charge on any atom is -0.334 e. The maximum absolute atomic E-state index is 11.8. The minimum atomic E-state index is -0.349. The highest BCUT2D eigenvalue weighted by molar-refractivity contribution is 5.95. The Bertz CT molecular complexity index is 482. The van der Waals surface area contributed by atoms with E-state index in [9.17, 15) is 9.59 Å². The smallest absolute Gasteiger partial charge is 0.333 e. The Morgan fingerprint density at radius 2 is 1.85 bits per heavy atom. The van der Waals surface area contributed by atoms with Gasteiger partial charge in [0.15, 0.2) is 0 Å². The van der Waals surface area contributed by atoms with Crippen molar-refractivity contribution in [2.75, 3.05) is 0 Å². The number of amides is 3. The molecule has 1 aliphatic carbocycles. The third-order valence-electron chi connectivity index (χ3n) is 3.51. The van der Waals surface area contributed by atoms with E-state index in [0.717, 1.165) is 31.2 Å². The van der Waals surface area contributed by atoms with Gasteiger partial charge >= 0.3 is 6.03 Å². The maximum Gasteiger partial charge on any atom is 0.333 e. The second-order valence-electron chi connectivity index (χ2n) is 5.26. The van der Waals surface area contributed by atoms with Gasteiger partial charge in [-0.15, -0.1) is 0 Å². The van der Waals surface area contributed by atoms with Crippen molar-refractivity contribution in [2.24, 2.45) is 0 Å². The lowest BCUT2D eigenvalue weighted by atomic mass is 9.96. The zero-order chi connectivity index (χ0) is 14.4. The van der Waals surface area contributed by atoms with Gasteiger partial charge in [-0.1, -0.05) is 37.0 Å². The van der Waals surface area contributed by atoms with Crippen molar-refractivity contribution in [1.29, 1.82) is 0 Å². The number of urea groups is 1. The van der Waals surface area contributed by atoms with Gasteiger partial charge in [-0.2, -0.15) is 0 Å². The molecule has 108 valence electrons. The molecule has 20 heavy (non-hydrogen) atoms. The van der Waals surface area contributed by atoms with E-state index in [1.165, 1.54) is 6.42 Å². The highest BCUT2D eigenvalue weighted by atomic mass is 16.2. The minimum absolute atomic E-state index is 0.222. The molecule has 1 aromatic rings. The van der Waals surface area contributed by atoms with E-state index >= 15 is 0 Å². The summed E-state index contributed by atoms with van der Waals surface area (Å²) in [6.07, 6.45) is 5.57. The number of benzene rings is 1. The average Bonchev–Trinajstić information content (AvgIpc) is 2.46. The zero-order valence-electron chi connectivity index (χ0n) is 11.7. The maximum atomic E-state index is 11.8. The van der Waals surface area contributed by atoms with Crippen LogP contribution in [0, 0.1) is 6.92 Å². The molecule has 0 aliphatic heterocycles. The molecule has 0 atom stereocenters. The lowest BCUT2D eigenvalue weighted by Gasteiger charge is -2.22. The first-order chi connectivity index (χ1) is 9.65. The molecular weight excluding hydrogens is 254 g/mol. The van der Waals surface area contributed by atoms with Crippen LogP contribution in [-0.2, 0) is 0 Å². The van der Waals surface area contributed by atoms with E-state index in [-0.39, 0.29) is 18.0 Å². The van der Waals surface area contributed by atoms with Crippen LogP contribution in [-0.4, -0.2) is 18.0 Å². The van der Waals surface area contributed by atoms with Crippen molar-refractivity contribution in [2.45, 2.75) is 45.1 Å². The van der Waals surface area contributed by atoms with Crippen molar-refractivity contribution in [1.82, 2.24) is 16.2 Å². The van der Waals surface area contributed by atoms with Crippen LogP contribution in [0.1, 0.15) is 48.0 Å². The van der Waals surface area contributed by atoms with Gasteiger partial charge in [0.2, 0.25) is 0 Å². The van der Waals surface area contributed by atoms with Crippen molar-refractivity contribution in [3.8, 4) is 0 Å². The first-order valence-corrected chi connectivity index (χ1v) is 7.08. The third-order valence-corrected chi connectivity index (χ3v) is 3.51. The number of carbonyl (C=O) groups is 2. The van der Waals surface area contributed by atoms with E-state index in [2.05, 4.69) is 16.2 Å². The standard InChI is InChI=1S/C15H21N3O2/c1-11-6-5-7-12(10-11)14(19)17-18-15(20)16-13-8-3-2-4-9-13/h5-7,10,13H,2-4,8-9H2,1H3,(H,17,19)(H2,16,18,20). The molecule has 1 fully saturated rings. The van der Waals surface area contributed by atoms with Gasteiger partial charge in [0.05, 0.1) is 0 Å². The summed E-state index contributed by atoms with van der Waals surface area (Å²) < 4.78 is 0. The monoisotopic (exact) mass is 275 g/mol. The number of carbonyl (C=O) groups excluding carboxylic acids is 2. The van der Waals surface area contributed by atoms with Crippen LogP contribution >= 0.6 is 0 Å². The van der Waals surface area contributed by atoms with E-state index in [1.54, 1.807) is 12.1 Å². The summed E-state index contributed by atoms with van der Waals surface area (Å²) >= 11 is 0. The summed E-state index contributed by atoms with van der Waals surface area (Å²) in [5.41, 5.74) is 6.35. The van der Waals surface area contributed by atoms with Crippen LogP contribution in [0.4, 0.5) is 4.79 Å². The average molecular weight is 275 g/mol. The van der Waals surface area contributed by atoms with Gasteiger partial charge in [-0.25, -0.2) is 10.2 Å². The highest BCUT2D eigenvalue weighted by Gasteiger charge is 2.15. The highest BCUT2D eigenvalue weighted by Crippen LogP contribution is 2.17. The molecule has 0 bridgehead atoms. The summed E-state index contributed by atoms with van der Waals surface area (Å²) in [7, 11) is 0. The predicted octanol–water partition coefficient (Wildman–Crippen LogP) is 2.27. The molecule has 2 rings (SSSR count). The van der Waals surface area contributed by atoms with Crippen molar-refractivity contribution in [3.05, 3.63) is 35.4 Å². The Hall–Kier alpha value is -2.04. The fourth-order valence-electron chi connectivity index (χ4n) is 2.44. The third kappa shape index (κ3) is 4.26. The van der Waals surface area contributed by atoms with E-state index in [0.29, 0.717) is 5.56 Å². The molecule has 1 aromatic carbocycles. The molecule has 0 unspecified atom stereocenters. The summed E-state index contributed by atoms with van der Waals surface area (Å²) in [5.74, 6) is -0.313. The summed E-state index contributed by atoms with van der Waals surface area (Å²) in [5, 5.41) is 2.87. The van der Waals surface area contributed by atoms with Gasteiger partial charge in [-0.3, -0.25) is 10.2 Å². The fraction of sp³-hybridized carbons (Fsp3) is 0.467. The number of rotatable bonds is 2. The lowest BCUT2D eigenvalue weighted by Crippen LogP contribution is -2.50. The van der Waals surface area contributed by atoms with Gasteiger partial charge in [-0.05, 0) is 31.9 Å². The van der Waals surface area contributed by atoms with E-state index in [1.807, 2.05) is 19.1 Å². The molecule has 5 nitrogen and oxygen atoms in total. The zero-order valence-corrected chi connectivity index (χ0v) is 11.7. The van der Waals surface area contributed by atoms with Gasteiger partial charge in [0, 0.05) is 11.6 Å². The van der Waals surface area contributed by atoms with Crippen LogP contribution in [0.3, 0.4) is 0 Å². The molecule has 3 N–H and O–H groups in total. The Balaban J connectivity index is 1.76. The molecule has 0 radical (unpaired) electrons. The Morgan fingerprint density at radius 1 is 1.10 bits per heavy atom. The van der Waals surface area contributed by atoms with Gasteiger partial charge < -0.3 is 5.32 Å². The molecule has 1 aliphatic rings. The molecule has 0 saturated heterocycles. The molecular formula is C15H21N3O2. The second kappa shape index (κ2) is 6.93. The number of hydrogen-bond acceptors (Lipinski definition) is 2. The van der Waals surface area contributed by atoms with E-state index < -0.39 is 0 Å². The Kier molecular flexibility index (Phi) is 4.98. The molecule has 0 spiro atoms. The van der Waals surface area contributed by atoms with Crippen LogP contribution in [0.15, 0.2) is 24.3 Å².